The molecule has 1 atom stereocenters. The van der Waals surface area contributed by atoms with E-state index >= 15 is 0 Å². The third-order valence-corrected chi connectivity index (χ3v) is 4.57. The molecule has 1 fully saturated rings. The van der Waals surface area contributed by atoms with Gasteiger partial charge in [0.1, 0.15) is 5.15 Å². The van der Waals surface area contributed by atoms with Crippen LogP contribution in [0.5, 0.6) is 0 Å². The van der Waals surface area contributed by atoms with Crippen molar-refractivity contribution in [3.8, 4) is 0 Å². The van der Waals surface area contributed by atoms with E-state index in [1.54, 1.807) is 18.2 Å². The molecule has 138 valence electrons. The summed E-state index contributed by atoms with van der Waals surface area (Å²) in [4.78, 5) is 18.4. The van der Waals surface area contributed by atoms with Crippen molar-refractivity contribution in [1.82, 2.24) is 9.88 Å². The Bertz CT molecular complexity index is 733. The molecule has 2 N–H and O–H groups in total. The van der Waals surface area contributed by atoms with Crippen LogP contribution in [0.15, 0.2) is 42.6 Å². The van der Waals surface area contributed by atoms with Gasteiger partial charge in [-0.25, -0.2) is 4.98 Å². The van der Waals surface area contributed by atoms with Gasteiger partial charge in [0.2, 0.25) is 0 Å². The molecular formula is C19H22ClN3O3. The highest BCUT2D eigenvalue weighted by Gasteiger charge is 2.14. The Morgan fingerprint density at radius 3 is 2.69 bits per heavy atom. The number of anilines is 1. The van der Waals surface area contributed by atoms with Crippen LogP contribution >= 0.6 is 11.6 Å². The zero-order chi connectivity index (χ0) is 18.4. The maximum Gasteiger partial charge on any atom is 0.255 e. The molecule has 1 aromatic carbocycles. The number of amides is 1. The first kappa shape index (κ1) is 18.8. The number of ether oxygens (including phenoxy) is 1. The molecule has 26 heavy (non-hydrogen) atoms. The van der Waals surface area contributed by atoms with Gasteiger partial charge >= 0.3 is 0 Å². The molecule has 0 bridgehead atoms. The van der Waals surface area contributed by atoms with Crippen LogP contribution in [0.3, 0.4) is 0 Å². The SMILES string of the molecule is O=C(Nc1ccc(C(O)CCN2CCOCC2)cc1)c1ccnc(Cl)c1. The monoisotopic (exact) mass is 375 g/mol. The van der Waals surface area contributed by atoms with E-state index < -0.39 is 6.10 Å². The molecular weight excluding hydrogens is 354 g/mol. The highest BCUT2D eigenvalue weighted by Crippen LogP contribution is 2.20. The zero-order valence-electron chi connectivity index (χ0n) is 14.4. The number of morpholine rings is 1. The molecule has 2 aromatic rings. The first-order chi connectivity index (χ1) is 12.6. The summed E-state index contributed by atoms with van der Waals surface area (Å²) in [6.45, 7) is 4.18. The first-order valence-corrected chi connectivity index (χ1v) is 9.00. The van der Waals surface area contributed by atoms with E-state index in [1.165, 1.54) is 12.3 Å². The fraction of sp³-hybridized carbons (Fsp3) is 0.368. The van der Waals surface area contributed by atoms with Crippen molar-refractivity contribution in [2.45, 2.75) is 12.5 Å². The molecule has 0 aliphatic carbocycles. The van der Waals surface area contributed by atoms with E-state index in [1.807, 2.05) is 12.1 Å². The van der Waals surface area contributed by atoms with Gasteiger partial charge in [0.05, 0.1) is 19.3 Å². The summed E-state index contributed by atoms with van der Waals surface area (Å²) >= 11 is 5.80. The number of carbonyl (C=O) groups is 1. The van der Waals surface area contributed by atoms with Crippen LogP contribution in [-0.2, 0) is 4.74 Å². The Labute approximate surface area is 157 Å². The number of pyridine rings is 1. The predicted molar refractivity (Wildman–Crippen MR) is 100 cm³/mol. The van der Waals surface area contributed by atoms with Gasteiger partial charge in [0, 0.05) is 37.1 Å². The molecule has 1 saturated heterocycles. The maximum atomic E-state index is 12.2. The summed E-state index contributed by atoms with van der Waals surface area (Å²) in [6, 6.07) is 10.4. The average Bonchev–Trinajstić information content (AvgIpc) is 2.67. The van der Waals surface area contributed by atoms with E-state index in [-0.39, 0.29) is 11.1 Å². The maximum absolute atomic E-state index is 12.2. The minimum Gasteiger partial charge on any atom is -0.388 e. The number of benzene rings is 1. The van der Waals surface area contributed by atoms with Crippen molar-refractivity contribution in [3.05, 3.63) is 58.9 Å². The molecule has 0 saturated carbocycles. The molecule has 2 heterocycles. The van der Waals surface area contributed by atoms with Gasteiger partial charge in [-0.15, -0.1) is 0 Å². The van der Waals surface area contributed by atoms with Gasteiger partial charge in [0.15, 0.2) is 0 Å². The van der Waals surface area contributed by atoms with Gasteiger partial charge in [0.25, 0.3) is 5.91 Å². The summed E-state index contributed by atoms with van der Waals surface area (Å²) in [7, 11) is 0. The largest absolute Gasteiger partial charge is 0.388 e. The second kappa shape index (κ2) is 9.09. The summed E-state index contributed by atoms with van der Waals surface area (Å²) in [5, 5.41) is 13.4. The van der Waals surface area contributed by atoms with Gasteiger partial charge in [-0.2, -0.15) is 0 Å². The standard InChI is InChI=1S/C19H22ClN3O3/c20-18-13-15(5-7-21-18)19(25)22-16-3-1-14(2-4-16)17(24)6-8-23-9-11-26-12-10-23/h1-5,7,13,17,24H,6,8-12H2,(H,22,25). The Balaban J connectivity index is 1.53. The number of halogens is 1. The number of aliphatic hydroxyl groups is 1. The Morgan fingerprint density at radius 1 is 1.27 bits per heavy atom. The van der Waals surface area contributed by atoms with Crippen LogP contribution in [0.4, 0.5) is 5.69 Å². The molecule has 1 unspecified atom stereocenters. The highest BCUT2D eigenvalue weighted by molar-refractivity contribution is 6.29. The topological polar surface area (TPSA) is 74.7 Å². The van der Waals surface area contributed by atoms with E-state index in [0.717, 1.165) is 38.4 Å². The number of hydrogen-bond donors (Lipinski definition) is 2. The summed E-state index contributed by atoms with van der Waals surface area (Å²) in [5.41, 5.74) is 1.94. The summed E-state index contributed by atoms with van der Waals surface area (Å²) in [5.74, 6) is -0.255. The summed E-state index contributed by atoms with van der Waals surface area (Å²) in [6.07, 6.45) is 1.63. The minimum absolute atomic E-state index is 0.255. The molecule has 7 heteroatoms. The zero-order valence-corrected chi connectivity index (χ0v) is 15.2. The highest BCUT2D eigenvalue weighted by atomic mass is 35.5. The van der Waals surface area contributed by atoms with Crippen molar-refractivity contribution in [2.24, 2.45) is 0 Å². The second-order valence-corrected chi connectivity index (χ2v) is 6.59. The van der Waals surface area contributed by atoms with Crippen molar-refractivity contribution < 1.29 is 14.6 Å². The molecule has 1 aromatic heterocycles. The lowest BCUT2D eigenvalue weighted by molar-refractivity contribution is 0.0300. The number of carbonyl (C=O) groups excluding carboxylic acids is 1. The lowest BCUT2D eigenvalue weighted by Crippen LogP contribution is -2.37. The lowest BCUT2D eigenvalue weighted by atomic mass is 10.1. The molecule has 1 aliphatic rings. The Morgan fingerprint density at radius 2 is 2.00 bits per heavy atom. The number of rotatable bonds is 6. The van der Waals surface area contributed by atoms with Gasteiger partial charge in [-0.3, -0.25) is 9.69 Å². The van der Waals surface area contributed by atoms with E-state index in [2.05, 4.69) is 15.2 Å². The third kappa shape index (κ3) is 5.25. The van der Waals surface area contributed by atoms with Crippen LogP contribution < -0.4 is 5.32 Å². The molecule has 6 nitrogen and oxygen atoms in total. The number of aliphatic hydroxyl groups excluding tert-OH is 1. The van der Waals surface area contributed by atoms with Crippen LogP contribution in [-0.4, -0.2) is 53.7 Å². The fourth-order valence-electron chi connectivity index (χ4n) is 2.83. The summed E-state index contributed by atoms with van der Waals surface area (Å²) < 4.78 is 5.32. The fourth-order valence-corrected chi connectivity index (χ4v) is 3.01. The number of hydrogen-bond acceptors (Lipinski definition) is 5. The molecule has 3 rings (SSSR count). The lowest BCUT2D eigenvalue weighted by Gasteiger charge is -2.27. The van der Waals surface area contributed by atoms with Crippen LogP contribution in [0.25, 0.3) is 0 Å². The Hall–Kier alpha value is -1.99. The van der Waals surface area contributed by atoms with Crippen molar-refractivity contribution in [2.75, 3.05) is 38.2 Å². The Kier molecular flexibility index (Phi) is 6.57. The van der Waals surface area contributed by atoms with Gasteiger partial charge in [-0.1, -0.05) is 23.7 Å². The van der Waals surface area contributed by atoms with E-state index in [0.29, 0.717) is 17.7 Å². The van der Waals surface area contributed by atoms with Gasteiger partial charge < -0.3 is 15.2 Å². The van der Waals surface area contributed by atoms with E-state index in [9.17, 15) is 9.90 Å². The number of nitrogens with one attached hydrogen (secondary N) is 1. The molecule has 0 radical (unpaired) electrons. The molecule has 1 amide bonds. The van der Waals surface area contributed by atoms with Crippen molar-refractivity contribution in [3.63, 3.8) is 0 Å². The minimum atomic E-state index is -0.526. The smallest absolute Gasteiger partial charge is 0.255 e. The average molecular weight is 376 g/mol. The van der Waals surface area contributed by atoms with Crippen LogP contribution in [0.2, 0.25) is 5.15 Å². The second-order valence-electron chi connectivity index (χ2n) is 6.20. The van der Waals surface area contributed by atoms with Crippen molar-refractivity contribution >= 4 is 23.2 Å². The van der Waals surface area contributed by atoms with E-state index in [4.69, 9.17) is 16.3 Å². The normalized spacial score (nSPS) is 16.2. The number of aromatic nitrogens is 1. The molecule has 1 aliphatic heterocycles. The van der Waals surface area contributed by atoms with Crippen LogP contribution in [0.1, 0.15) is 28.4 Å². The predicted octanol–water partition coefficient (Wildman–Crippen LogP) is 2.74. The first-order valence-electron chi connectivity index (χ1n) is 8.63. The number of nitrogens with zero attached hydrogens (tertiary/aromatic N) is 2. The molecule has 0 spiro atoms. The third-order valence-electron chi connectivity index (χ3n) is 4.36. The van der Waals surface area contributed by atoms with Crippen LogP contribution in [0, 0.1) is 0 Å². The van der Waals surface area contributed by atoms with Crippen molar-refractivity contribution in [1.29, 1.82) is 0 Å². The van der Waals surface area contributed by atoms with Gasteiger partial charge in [-0.05, 0) is 36.2 Å². The quantitative estimate of drug-likeness (QED) is 0.759.